The number of ether oxygens (including phenoxy) is 1. The zero-order valence-electron chi connectivity index (χ0n) is 16.2. The number of aliphatic hydroxyl groups is 4. The maximum atomic E-state index is 13.7. The van der Waals surface area contributed by atoms with Gasteiger partial charge in [0.15, 0.2) is 23.3 Å². The number of fused-ring (bicyclic) bond motifs is 1. The molecule has 6 N–H and O–H groups in total. The van der Waals surface area contributed by atoms with Crippen molar-refractivity contribution in [1.82, 2.24) is 4.98 Å². The lowest BCUT2D eigenvalue weighted by Gasteiger charge is -2.44. The minimum atomic E-state index is -2.72. The lowest BCUT2D eigenvalue weighted by atomic mass is 9.87. The number of rotatable bonds is 4. The number of nitrogens with zero attached hydrogens (tertiary/aromatic N) is 1. The summed E-state index contributed by atoms with van der Waals surface area (Å²) in [7, 11) is 0. The van der Waals surface area contributed by atoms with Crippen LogP contribution < -0.4 is 0 Å². The first-order chi connectivity index (χ1) is 15.1. The van der Waals surface area contributed by atoms with E-state index in [4.69, 9.17) is 9.15 Å². The van der Waals surface area contributed by atoms with Gasteiger partial charge in [0.2, 0.25) is 11.7 Å². The molecule has 32 heavy (non-hydrogen) atoms. The Balaban J connectivity index is 1.85. The molecule has 0 amide bonds. The monoisotopic (exact) mass is 447 g/mol. The molecule has 0 radical (unpaired) electrons. The summed E-state index contributed by atoms with van der Waals surface area (Å²) in [4.78, 5) is 15.6. The van der Waals surface area contributed by atoms with E-state index in [0.29, 0.717) is 0 Å². The van der Waals surface area contributed by atoms with Gasteiger partial charge in [0.05, 0.1) is 0 Å². The molecular formula is C21H18FNO9. The molecule has 3 aromatic rings. The van der Waals surface area contributed by atoms with Crippen molar-refractivity contribution >= 4 is 23.1 Å². The smallest absolute Gasteiger partial charge is 0.335 e. The van der Waals surface area contributed by atoms with E-state index < -0.39 is 47.7 Å². The molecule has 1 aromatic heterocycles. The lowest BCUT2D eigenvalue weighted by molar-refractivity contribution is -0.349. The van der Waals surface area contributed by atoms with Gasteiger partial charge in [-0.05, 0) is 30.3 Å². The quantitative estimate of drug-likeness (QED) is 0.334. The van der Waals surface area contributed by atoms with Gasteiger partial charge in [-0.1, -0.05) is 12.7 Å². The van der Waals surface area contributed by atoms with Crippen molar-refractivity contribution in [1.29, 1.82) is 0 Å². The number of phenols is 1. The highest BCUT2D eigenvalue weighted by Crippen LogP contribution is 2.39. The molecular weight excluding hydrogens is 429 g/mol. The number of hydrogen-bond acceptors (Lipinski definition) is 9. The maximum Gasteiger partial charge on any atom is 0.335 e. The number of hydrogen-bond donors (Lipinski definition) is 6. The fourth-order valence-electron chi connectivity index (χ4n) is 3.55. The SMILES string of the molecule is C=Cc1cc(C2(O)O[C@H](C(=O)O)[C@@H](O)[C@H](O)[C@H]2O)cc2nc(-c3ccc(O)c(F)c3)oc12. The summed E-state index contributed by atoms with van der Waals surface area (Å²) in [5.74, 6) is -5.87. The molecule has 168 valence electrons. The van der Waals surface area contributed by atoms with Crippen molar-refractivity contribution in [2.45, 2.75) is 30.2 Å². The maximum absolute atomic E-state index is 13.7. The molecule has 0 spiro atoms. The summed E-state index contributed by atoms with van der Waals surface area (Å²) in [6.45, 7) is 3.64. The Labute approximate surface area is 179 Å². The summed E-state index contributed by atoms with van der Waals surface area (Å²) in [6.07, 6.45) is -6.84. The second kappa shape index (κ2) is 7.65. The molecule has 5 atom stereocenters. The van der Waals surface area contributed by atoms with Crippen molar-refractivity contribution in [2.75, 3.05) is 0 Å². The molecule has 1 saturated heterocycles. The number of carboxylic acids is 1. The van der Waals surface area contributed by atoms with Crippen molar-refractivity contribution < 1.29 is 49.0 Å². The average Bonchev–Trinajstić information content (AvgIpc) is 3.20. The molecule has 2 aromatic carbocycles. The topological polar surface area (TPSA) is 174 Å². The third-order valence-electron chi connectivity index (χ3n) is 5.28. The number of aromatic hydroxyl groups is 1. The number of aromatic nitrogens is 1. The highest BCUT2D eigenvalue weighted by atomic mass is 19.1. The average molecular weight is 447 g/mol. The summed E-state index contributed by atoms with van der Waals surface area (Å²) < 4.78 is 24.5. The van der Waals surface area contributed by atoms with Crippen LogP contribution in [0.5, 0.6) is 5.75 Å². The number of aliphatic carboxylic acids is 1. The highest BCUT2D eigenvalue weighted by Gasteiger charge is 2.56. The van der Waals surface area contributed by atoms with Gasteiger partial charge in [-0.3, -0.25) is 0 Å². The normalized spacial score (nSPS) is 28.0. The highest BCUT2D eigenvalue weighted by molar-refractivity contribution is 5.85. The van der Waals surface area contributed by atoms with Gasteiger partial charge in [0.1, 0.15) is 23.8 Å². The molecule has 1 aliphatic heterocycles. The number of carboxylic acid groups (broad SMARTS) is 1. The molecule has 1 aliphatic rings. The first-order valence-electron chi connectivity index (χ1n) is 9.30. The van der Waals surface area contributed by atoms with E-state index in [9.17, 15) is 39.8 Å². The number of oxazole rings is 1. The van der Waals surface area contributed by atoms with Crippen LogP contribution in [0.4, 0.5) is 4.39 Å². The number of halogens is 1. The zero-order chi connectivity index (χ0) is 23.4. The molecule has 1 unspecified atom stereocenters. The first-order valence-corrected chi connectivity index (χ1v) is 9.30. The molecule has 1 fully saturated rings. The third kappa shape index (κ3) is 3.32. The largest absolute Gasteiger partial charge is 0.505 e. The molecule has 4 rings (SSSR count). The van der Waals surface area contributed by atoms with E-state index in [0.717, 1.165) is 12.1 Å². The Morgan fingerprint density at radius 2 is 1.91 bits per heavy atom. The number of carbonyl (C=O) groups is 1. The second-order valence-electron chi connectivity index (χ2n) is 7.30. The zero-order valence-corrected chi connectivity index (χ0v) is 16.2. The molecule has 0 saturated carbocycles. The minimum Gasteiger partial charge on any atom is -0.505 e. The minimum absolute atomic E-state index is 0.0323. The molecule has 11 heteroatoms. The number of aliphatic hydroxyl groups excluding tert-OH is 3. The van der Waals surface area contributed by atoms with Crippen LogP contribution in [0.15, 0.2) is 41.3 Å². The van der Waals surface area contributed by atoms with Gasteiger partial charge >= 0.3 is 5.97 Å². The van der Waals surface area contributed by atoms with Crippen LogP contribution in [0.3, 0.4) is 0 Å². The Bertz CT molecular complexity index is 1230. The van der Waals surface area contributed by atoms with Crippen LogP contribution >= 0.6 is 0 Å². The van der Waals surface area contributed by atoms with Crippen molar-refractivity contribution in [2.24, 2.45) is 0 Å². The summed E-state index contributed by atoms with van der Waals surface area (Å²) in [5, 5.41) is 60.0. The Morgan fingerprint density at radius 1 is 1.19 bits per heavy atom. The van der Waals surface area contributed by atoms with Gasteiger partial charge in [0, 0.05) is 16.7 Å². The van der Waals surface area contributed by atoms with Crippen LogP contribution in [-0.2, 0) is 15.3 Å². The molecule has 0 bridgehead atoms. The fraction of sp³-hybridized carbons (Fsp3) is 0.238. The van der Waals surface area contributed by atoms with Crippen molar-refractivity contribution in [3.63, 3.8) is 0 Å². The first kappa shape index (κ1) is 21.9. The lowest BCUT2D eigenvalue weighted by Crippen LogP contribution is -2.64. The van der Waals surface area contributed by atoms with Crippen LogP contribution in [0.1, 0.15) is 11.1 Å². The van der Waals surface area contributed by atoms with E-state index in [1.807, 2.05) is 0 Å². The number of benzene rings is 2. The van der Waals surface area contributed by atoms with Crippen LogP contribution in [0, 0.1) is 5.82 Å². The van der Waals surface area contributed by atoms with Gasteiger partial charge in [-0.2, -0.15) is 0 Å². The third-order valence-corrected chi connectivity index (χ3v) is 5.28. The van der Waals surface area contributed by atoms with Crippen LogP contribution in [-0.4, -0.2) is 66.0 Å². The standard InChI is InChI=1S/C21H18FNO9/c1-2-8-5-10(21(30)18(27)15(26)14(25)17(32-21)20(28)29)7-12-16(8)31-19(23-12)9-3-4-13(24)11(22)6-9/h2-7,14-15,17-18,24-27,30H,1H2,(H,28,29)/t14-,15-,17-,18+,21?/m0/s1. The van der Waals surface area contributed by atoms with Gasteiger partial charge in [0.25, 0.3) is 0 Å². The van der Waals surface area contributed by atoms with Crippen LogP contribution in [0.2, 0.25) is 0 Å². The van der Waals surface area contributed by atoms with E-state index in [1.54, 1.807) is 0 Å². The predicted octanol–water partition coefficient (Wildman–Crippen LogP) is 0.694. The van der Waals surface area contributed by atoms with Crippen molar-refractivity contribution in [3.05, 3.63) is 53.9 Å². The Hall–Kier alpha value is -3.35. The Kier molecular flexibility index (Phi) is 5.23. The second-order valence-corrected chi connectivity index (χ2v) is 7.30. The summed E-state index contributed by atoms with van der Waals surface area (Å²) in [6, 6.07) is 5.99. The van der Waals surface area contributed by atoms with E-state index in [1.165, 1.54) is 24.3 Å². The summed E-state index contributed by atoms with van der Waals surface area (Å²) in [5.41, 5.74) is 0.549. The van der Waals surface area contributed by atoms with E-state index >= 15 is 0 Å². The molecule has 10 nitrogen and oxygen atoms in total. The predicted molar refractivity (Wildman–Crippen MR) is 106 cm³/mol. The molecule has 0 aliphatic carbocycles. The van der Waals surface area contributed by atoms with Gasteiger partial charge in [-0.15, -0.1) is 0 Å². The van der Waals surface area contributed by atoms with E-state index in [2.05, 4.69) is 11.6 Å². The number of phenolic OH excluding ortho intramolecular Hbond substituents is 1. The van der Waals surface area contributed by atoms with Gasteiger partial charge < -0.3 is 39.8 Å². The van der Waals surface area contributed by atoms with Crippen LogP contribution in [0.25, 0.3) is 28.6 Å². The van der Waals surface area contributed by atoms with Crippen molar-refractivity contribution in [3.8, 4) is 17.2 Å². The van der Waals surface area contributed by atoms with Gasteiger partial charge in [-0.25, -0.2) is 14.2 Å². The summed E-state index contributed by atoms with van der Waals surface area (Å²) >= 11 is 0. The van der Waals surface area contributed by atoms with E-state index in [-0.39, 0.29) is 33.7 Å². The molecule has 2 heterocycles. The fourth-order valence-corrected chi connectivity index (χ4v) is 3.55. The Morgan fingerprint density at radius 3 is 2.53 bits per heavy atom.